The molecule has 0 spiro atoms. The van der Waals surface area contributed by atoms with E-state index < -0.39 is 0 Å². The van der Waals surface area contributed by atoms with Gasteiger partial charge in [0.05, 0.1) is 25.9 Å². The summed E-state index contributed by atoms with van der Waals surface area (Å²) in [5, 5.41) is 5.76. The Hall–Kier alpha value is -1.83. The lowest BCUT2D eigenvalue weighted by atomic mass is 10.1. The highest BCUT2D eigenvalue weighted by Crippen LogP contribution is 2.26. The Kier molecular flexibility index (Phi) is 9.26. The highest BCUT2D eigenvalue weighted by molar-refractivity contribution is 5.99. The van der Waals surface area contributed by atoms with Gasteiger partial charge in [-0.2, -0.15) is 0 Å². The Bertz CT molecular complexity index is 577. The summed E-state index contributed by atoms with van der Waals surface area (Å²) in [6.07, 6.45) is 2.08. The molecule has 1 saturated heterocycles. The van der Waals surface area contributed by atoms with Crippen molar-refractivity contribution in [3.05, 3.63) is 23.8 Å². The first-order valence-corrected chi connectivity index (χ1v) is 8.12. The standard InChI is InChI=1S/C17H25N3O4.ClH/c1-23-10-7-18-12-16(21)19-14-11-13(5-6-15(14)24-2)17(22)20-8-3-4-9-20;/h5-6,11,18H,3-4,7-10,12H2,1-2H3,(H,19,21);1H. The predicted molar refractivity (Wildman–Crippen MR) is 98.8 cm³/mol. The van der Waals surface area contributed by atoms with E-state index in [-0.39, 0.29) is 30.8 Å². The molecule has 25 heavy (non-hydrogen) atoms. The molecule has 1 aromatic rings. The van der Waals surface area contributed by atoms with Crippen LogP contribution in [0.2, 0.25) is 0 Å². The fourth-order valence-corrected chi connectivity index (χ4v) is 2.61. The average Bonchev–Trinajstić information content (AvgIpc) is 3.12. The van der Waals surface area contributed by atoms with Crippen LogP contribution in [0.1, 0.15) is 23.2 Å². The first kappa shape index (κ1) is 21.2. The van der Waals surface area contributed by atoms with Gasteiger partial charge in [0, 0.05) is 32.3 Å². The number of amides is 2. The Morgan fingerprint density at radius 1 is 1.20 bits per heavy atom. The SMILES string of the molecule is COCCNCC(=O)Nc1cc(C(=O)N2CCCC2)ccc1OC.Cl. The minimum atomic E-state index is -0.199. The number of hydrogen-bond donors (Lipinski definition) is 2. The lowest BCUT2D eigenvalue weighted by Gasteiger charge is -2.17. The van der Waals surface area contributed by atoms with Crippen molar-refractivity contribution in [2.24, 2.45) is 0 Å². The number of anilines is 1. The van der Waals surface area contributed by atoms with Gasteiger partial charge in [0.15, 0.2) is 0 Å². The highest BCUT2D eigenvalue weighted by Gasteiger charge is 2.20. The third kappa shape index (κ3) is 6.19. The maximum atomic E-state index is 12.5. The Balaban J connectivity index is 0.00000312. The van der Waals surface area contributed by atoms with Crippen LogP contribution < -0.4 is 15.4 Å². The van der Waals surface area contributed by atoms with Gasteiger partial charge >= 0.3 is 0 Å². The van der Waals surface area contributed by atoms with Crippen molar-refractivity contribution in [3.8, 4) is 5.75 Å². The molecule has 8 heteroatoms. The fraction of sp³-hybridized carbons (Fsp3) is 0.529. The molecule has 1 aromatic carbocycles. The summed E-state index contributed by atoms with van der Waals surface area (Å²) >= 11 is 0. The van der Waals surface area contributed by atoms with E-state index in [1.807, 2.05) is 4.90 Å². The molecule has 0 unspecified atom stereocenters. The predicted octanol–water partition coefficient (Wildman–Crippen LogP) is 1.53. The number of carbonyl (C=O) groups excluding carboxylic acids is 2. The molecule has 2 N–H and O–H groups in total. The van der Waals surface area contributed by atoms with Gasteiger partial charge in [-0.15, -0.1) is 12.4 Å². The largest absolute Gasteiger partial charge is 0.495 e. The van der Waals surface area contributed by atoms with E-state index in [0.717, 1.165) is 25.9 Å². The Labute approximate surface area is 154 Å². The monoisotopic (exact) mass is 371 g/mol. The number of ether oxygens (including phenoxy) is 2. The third-order valence-corrected chi connectivity index (χ3v) is 3.88. The molecule has 1 aliphatic rings. The second-order valence-corrected chi connectivity index (χ2v) is 5.63. The summed E-state index contributed by atoms with van der Waals surface area (Å²) in [6.45, 7) is 2.87. The molecule has 0 bridgehead atoms. The van der Waals surface area contributed by atoms with Gasteiger partial charge < -0.3 is 25.0 Å². The lowest BCUT2D eigenvalue weighted by molar-refractivity contribution is -0.115. The van der Waals surface area contributed by atoms with Gasteiger partial charge in [-0.1, -0.05) is 0 Å². The van der Waals surface area contributed by atoms with Crippen molar-refractivity contribution in [2.45, 2.75) is 12.8 Å². The van der Waals surface area contributed by atoms with Crippen LogP contribution in [0.5, 0.6) is 5.75 Å². The zero-order valence-corrected chi connectivity index (χ0v) is 15.5. The Morgan fingerprint density at radius 3 is 2.56 bits per heavy atom. The number of halogens is 1. The summed E-state index contributed by atoms with van der Waals surface area (Å²) < 4.78 is 10.2. The van der Waals surface area contributed by atoms with Crippen molar-refractivity contribution < 1.29 is 19.1 Å². The number of hydrogen-bond acceptors (Lipinski definition) is 5. The molecule has 2 rings (SSSR count). The van der Waals surface area contributed by atoms with Crippen molar-refractivity contribution in [2.75, 3.05) is 52.3 Å². The average molecular weight is 372 g/mol. The molecular weight excluding hydrogens is 346 g/mol. The van der Waals surface area contributed by atoms with E-state index in [1.54, 1.807) is 25.3 Å². The van der Waals surface area contributed by atoms with E-state index in [4.69, 9.17) is 9.47 Å². The van der Waals surface area contributed by atoms with Crippen LogP contribution in [-0.4, -0.2) is 63.7 Å². The summed E-state index contributed by atoms with van der Waals surface area (Å²) in [6, 6.07) is 5.11. The zero-order chi connectivity index (χ0) is 17.4. The van der Waals surface area contributed by atoms with Crippen LogP contribution in [0.15, 0.2) is 18.2 Å². The first-order chi connectivity index (χ1) is 11.7. The molecule has 0 atom stereocenters. The van der Waals surface area contributed by atoms with E-state index in [2.05, 4.69) is 10.6 Å². The summed E-state index contributed by atoms with van der Waals surface area (Å²) in [5.74, 6) is 0.317. The zero-order valence-electron chi connectivity index (χ0n) is 14.7. The van der Waals surface area contributed by atoms with Crippen molar-refractivity contribution in [1.29, 1.82) is 0 Å². The smallest absolute Gasteiger partial charge is 0.253 e. The molecule has 140 valence electrons. The minimum absolute atomic E-state index is 0. The number of nitrogens with zero attached hydrogens (tertiary/aromatic N) is 1. The third-order valence-electron chi connectivity index (χ3n) is 3.88. The number of rotatable bonds is 8. The molecule has 0 aromatic heterocycles. The maximum absolute atomic E-state index is 12.5. The molecule has 1 heterocycles. The second kappa shape index (κ2) is 10.9. The molecule has 7 nitrogen and oxygen atoms in total. The second-order valence-electron chi connectivity index (χ2n) is 5.63. The highest BCUT2D eigenvalue weighted by atomic mass is 35.5. The molecule has 0 saturated carbocycles. The minimum Gasteiger partial charge on any atom is -0.495 e. The van der Waals surface area contributed by atoms with E-state index in [0.29, 0.717) is 30.2 Å². The van der Waals surface area contributed by atoms with E-state index in [1.165, 1.54) is 7.11 Å². The van der Waals surface area contributed by atoms with Crippen LogP contribution in [0.3, 0.4) is 0 Å². The van der Waals surface area contributed by atoms with Crippen molar-refractivity contribution in [1.82, 2.24) is 10.2 Å². The lowest BCUT2D eigenvalue weighted by Crippen LogP contribution is -2.30. The van der Waals surface area contributed by atoms with Gasteiger partial charge in [0.1, 0.15) is 5.75 Å². The van der Waals surface area contributed by atoms with Gasteiger partial charge in [-0.05, 0) is 31.0 Å². The number of methoxy groups -OCH3 is 2. The van der Waals surface area contributed by atoms with Gasteiger partial charge in [0.2, 0.25) is 5.91 Å². The summed E-state index contributed by atoms with van der Waals surface area (Å²) in [7, 11) is 3.14. The number of carbonyl (C=O) groups is 2. The van der Waals surface area contributed by atoms with E-state index in [9.17, 15) is 9.59 Å². The first-order valence-electron chi connectivity index (χ1n) is 8.12. The molecule has 0 radical (unpaired) electrons. The van der Waals surface area contributed by atoms with Gasteiger partial charge in [-0.25, -0.2) is 0 Å². The van der Waals surface area contributed by atoms with E-state index >= 15 is 0 Å². The summed E-state index contributed by atoms with van der Waals surface area (Å²) in [4.78, 5) is 26.3. The van der Waals surface area contributed by atoms with Gasteiger partial charge in [0.25, 0.3) is 5.91 Å². The van der Waals surface area contributed by atoms with Crippen molar-refractivity contribution >= 4 is 29.9 Å². The Morgan fingerprint density at radius 2 is 1.92 bits per heavy atom. The topological polar surface area (TPSA) is 79.9 Å². The molecule has 0 aliphatic carbocycles. The fourth-order valence-electron chi connectivity index (χ4n) is 2.61. The normalized spacial score (nSPS) is 13.3. The molecule has 2 amide bonds. The quantitative estimate of drug-likeness (QED) is 0.677. The van der Waals surface area contributed by atoms with Crippen LogP contribution in [-0.2, 0) is 9.53 Å². The maximum Gasteiger partial charge on any atom is 0.253 e. The number of likely N-dealkylation sites (tertiary alicyclic amines) is 1. The molecular formula is C17H26ClN3O4. The van der Waals surface area contributed by atoms with Crippen LogP contribution >= 0.6 is 12.4 Å². The van der Waals surface area contributed by atoms with Crippen LogP contribution in [0.4, 0.5) is 5.69 Å². The summed E-state index contributed by atoms with van der Waals surface area (Å²) in [5.41, 5.74) is 1.06. The number of nitrogens with one attached hydrogen (secondary N) is 2. The van der Waals surface area contributed by atoms with Gasteiger partial charge in [-0.3, -0.25) is 9.59 Å². The molecule has 1 fully saturated rings. The van der Waals surface area contributed by atoms with Crippen LogP contribution in [0, 0.1) is 0 Å². The number of benzene rings is 1. The molecule has 1 aliphatic heterocycles. The van der Waals surface area contributed by atoms with Crippen LogP contribution in [0.25, 0.3) is 0 Å². The van der Waals surface area contributed by atoms with Crippen molar-refractivity contribution in [3.63, 3.8) is 0 Å².